The predicted octanol–water partition coefficient (Wildman–Crippen LogP) is 4.00. The lowest BCUT2D eigenvalue weighted by Crippen LogP contribution is -2.28. The molecule has 1 aliphatic heterocycles. The molecule has 0 amide bonds. The van der Waals surface area contributed by atoms with Gasteiger partial charge in [0, 0.05) is 19.6 Å². The van der Waals surface area contributed by atoms with E-state index in [9.17, 15) is 13.2 Å². The van der Waals surface area contributed by atoms with Crippen LogP contribution in [-0.2, 0) is 6.42 Å². The number of benzene rings is 1. The Labute approximate surface area is 142 Å². The van der Waals surface area contributed by atoms with Gasteiger partial charge in [-0.1, -0.05) is 25.0 Å². The second kappa shape index (κ2) is 9.89. The molecule has 1 fully saturated rings. The Morgan fingerprint density at radius 2 is 1.71 bits per heavy atom. The second-order valence-corrected chi connectivity index (χ2v) is 6.22. The van der Waals surface area contributed by atoms with E-state index in [4.69, 9.17) is 0 Å². The molecule has 0 unspecified atom stereocenters. The molecule has 0 N–H and O–H groups in total. The van der Waals surface area contributed by atoms with E-state index in [2.05, 4.69) is 15.0 Å². The lowest BCUT2D eigenvalue weighted by molar-refractivity contribution is -0.274. The molecule has 1 aromatic rings. The summed E-state index contributed by atoms with van der Waals surface area (Å²) in [5, 5.41) is 4.43. The molecular weight excluding hydrogens is 317 g/mol. The maximum atomic E-state index is 12.1. The third-order valence-corrected chi connectivity index (χ3v) is 4.21. The van der Waals surface area contributed by atoms with E-state index in [-0.39, 0.29) is 5.75 Å². The minimum Gasteiger partial charge on any atom is -0.406 e. The first-order valence-corrected chi connectivity index (χ1v) is 8.73. The Bertz CT molecular complexity index is 454. The summed E-state index contributed by atoms with van der Waals surface area (Å²) in [6.07, 6.45) is 2.07. The molecule has 6 heteroatoms. The van der Waals surface area contributed by atoms with Crippen LogP contribution in [0.25, 0.3) is 0 Å². The standard InChI is InChI=1S/C18H26F3N2O/c19-18(20,21)24-17-9-7-16(8-10-17)6-3-1-2-4-13-23-14-5-11-22-12-15-23/h7-10H,1-6,11-15H2. The van der Waals surface area contributed by atoms with Crippen LogP contribution < -0.4 is 10.1 Å². The van der Waals surface area contributed by atoms with Gasteiger partial charge in [0.05, 0.1) is 0 Å². The van der Waals surface area contributed by atoms with E-state index < -0.39 is 6.36 Å². The number of ether oxygens (including phenoxy) is 1. The van der Waals surface area contributed by atoms with Crippen LogP contribution in [0.4, 0.5) is 13.2 Å². The van der Waals surface area contributed by atoms with Crippen LogP contribution in [0.1, 0.15) is 37.7 Å². The number of halogens is 3. The Hall–Kier alpha value is -1.27. The fourth-order valence-electron chi connectivity index (χ4n) is 2.94. The SMILES string of the molecule is FC(F)(F)Oc1ccc(CCCCCCN2CCC[N]CC2)cc1. The van der Waals surface area contributed by atoms with Gasteiger partial charge in [-0.2, -0.15) is 0 Å². The summed E-state index contributed by atoms with van der Waals surface area (Å²) in [7, 11) is 0. The maximum absolute atomic E-state index is 12.1. The van der Waals surface area contributed by atoms with Crippen LogP contribution >= 0.6 is 0 Å². The average molecular weight is 343 g/mol. The number of aryl methyl sites for hydroxylation is 1. The van der Waals surface area contributed by atoms with Crippen molar-refractivity contribution in [3.8, 4) is 5.75 Å². The summed E-state index contributed by atoms with van der Waals surface area (Å²) in [5.41, 5.74) is 1.05. The summed E-state index contributed by atoms with van der Waals surface area (Å²) in [6.45, 7) is 5.37. The highest BCUT2D eigenvalue weighted by Gasteiger charge is 2.30. The molecule has 2 rings (SSSR count). The molecule has 1 saturated heterocycles. The van der Waals surface area contributed by atoms with Gasteiger partial charge < -0.3 is 9.64 Å². The van der Waals surface area contributed by atoms with Gasteiger partial charge in [0.2, 0.25) is 0 Å². The highest BCUT2D eigenvalue weighted by atomic mass is 19.4. The first-order valence-electron chi connectivity index (χ1n) is 8.73. The van der Waals surface area contributed by atoms with Crippen LogP contribution in [0.15, 0.2) is 24.3 Å². The molecule has 1 radical (unpaired) electrons. The van der Waals surface area contributed by atoms with E-state index in [1.54, 1.807) is 12.1 Å². The lowest BCUT2D eigenvalue weighted by Gasteiger charge is -2.18. The Balaban J connectivity index is 1.55. The van der Waals surface area contributed by atoms with Gasteiger partial charge in [0.15, 0.2) is 0 Å². The van der Waals surface area contributed by atoms with Gasteiger partial charge in [-0.3, -0.25) is 0 Å². The van der Waals surface area contributed by atoms with Crippen molar-refractivity contribution in [3.05, 3.63) is 29.8 Å². The highest BCUT2D eigenvalue weighted by molar-refractivity contribution is 5.27. The van der Waals surface area contributed by atoms with E-state index in [1.165, 1.54) is 31.4 Å². The molecular formula is C18H26F3N2O. The second-order valence-electron chi connectivity index (χ2n) is 6.22. The number of unbranched alkanes of at least 4 members (excludes halogenated alkanes) is 3. The molecule has 135 valence electrons. The summed E-state index contributed by atoms with van der Waals surface area (Å²) in [5.74, 6) is -0.157. The molecule has 0 saturated carbocycles. The van der Waals surface area contributed by atoms with Gasteiger partial charge in [-0.25, -0.2) is 5.32 Å². The van der Waals surface area contributed by atoms with Crippen molar-refractivity contribution in [1.82, 2.24) is 10.2 Å². The monoisotopic (exact) mass is 343 g/mol. The molecule has 1 aliphatic rings. The molecule has 1 aromatic carbocycles. The van der Waals surface area contributed by atoms with Crippen LogP contribution in [-0.4, -0.2) is 44.0 Å². The normalized spacial score (nSPS) is 16.8. The maximum Gasteiger partial charge on any atom is 0.573 e. The van der Waals surface area contributed by atoms with Crippen LogP contribution in [0.3, 0.4) is 0 Å². The molecule has 3 nitrogen and oxygen atoms in total. The van der Waals surface area contributed by atoms with Crippen molar-refractivity contribution < 1.29 is 17.9 Å². The molecule has 0 aromatic heterocycles. The van der Waals surface area contributed by atoms with Crippen molar-refractivity contribution in [2.45, 2.75) is 44.9 Å². The number of hydrogen-bond donors (Lipinski definition) is 0. The van der Waals surface area contributed by atoms with E-state index in [0.717, 1.165) is 57.5 Å². The average Bonchev–Trinajstić information content (AvgIpc) is 2.79. The molecule has 1 heterocycles. The van der Waals surface area contributed by atoms with Gasteiger partial charge in [0.25, 0.3) is 0 Å². The third-order valence-electron chi connectivity index (χ3n) is 4.21. The zero-order valence-electron chi connectivity index (χ0n) is 14.0. The van der Waals surface area contributed by atoms with E-state index in [0.29, 0.717) is 0 Å². The minimum atomic E-state index is -4.62. The van der Waals surface area contributed by atoms with Gasteiger partial charge in [-0.15, -0.1) is 13.2 Å². The summed E-state index contributed by atoms with van der Waals surface area (Å²) in [6, 6.07) is 6.18. The third kappa shape index (κ3) is 8.02. The minimum absolute atomic E-state index is 0.157. The summed E-state index contributed by atoms with van der Waals surface area (Å²) < 4.78 is 40.1. The molecule has 0 spiro atoms. The zero-order valence-corrected chi connectivity index (χ0v) is 14.0. The first-order chi connectivity index (χ1) is 11.5. The topological polar surface area (TPSA) is 26.6 Å². The fraction of sp³-hybridized carbons (Fsp3) is 0.667. The summed E-state index contributed by atoms with van der Waals surface area (Å²) in [4.78, 5) is 2.50. The van der Waals surface area contributed by atoms with Crippen molar-refractivity contribution >= 4 is 0 Å². The Kier molecular flexibility index (Phi) is 7.85. The molecule has 0 bridgehead atoms. The zero-order chi connectivity index (χ0) is 17.3. The van der Waals surface area contributed by atoms with E-state index in [1.807, 2.05) is 0 Å². The smallest absolute Gasteiger partial charge is 0.406 e. The molecule has 0 aliphatic carbocycles. The number of alkyl halides is 3. The first kappa shape index (κ1) is 19.1. The largest absolute Gasteiger partial charge is 0.573 e. The van der Waals surface area contributed by atoms with Crippen LogP contribution in [0.2, 0.25) is 0 Å². The van der Waals surface area contributed by atoms with Crippen LogP contribution in [0.5, 0.6) is 5.75 Å². The predicted molar refractivity (Wildman–Crippen MR) is 88.2 cm³/mol. The fourth-order valence-corrected chi connectivity index (χ4v) is 2.94. The summed E-state index contributed by atoms with van der Waals surface area (Å²) >= 11 is 0. The van der Waals surface area contributed by atoms with Crippen molar-refractivity contribution in [2.24, 2.45) is 0 Å². The van der Waals surface area contributed by atoms with Gasteiger partial charge in [0.1, 0.15) is 5.75 Å². The quantitative estimate of drug-likeness (QED) is 0.667. The Morgan fingerprint density at radius 1 is 0.958 bits per heavy atom. The van der Waals surface area contributed by atoms with Gasteiger partial charge in [-0.05, 0) is 56.5 Å². The van der Waals surface area contributed by atoms with Crippen molar-refractivity contribution in [1.29, 1.82) is 0 Å². The molecule has 0 atom stereocenters. The number of hydrogen-bond acceptors (Lipinski definition) is 2. The lowest BCUT2D eigenvalue weighted by atomic mass is 10.1. The van der Waals surface area contributed by atoms with Crippen molar-refractivity contribution in [2.75, 3.05) is 32.7 Å². The van der Waals surface area contributed by atoms with Crippen LogP contribution in [0, 0.1) is 0 Å². The Morgan fingerprint density at radius 3 is 2.46 bits per heavy atom. The number of nitrogens with zero attached hydrogens (tertiary/aromatic N) is 2. The van der Waals surface area contributed by atoms with Gasteiger partial charge >= 0.3 is 6.36 Å². The highest BCUT2D eigenvalue weighted by Crippen LogP contribution is 2.23. The van der Waals surface area contributed by atoms with Crippen molar-refractivity contribution in [3.63, 3.8) is 0 Å². The van der Waals surface area contributed by atoms with E-state index >= 15 is 0 Å². The number of rotatable bonds is 8. The molecule has 24 heavy (non-hydrogen) atoms.